The first-order valence-corrected chi connectivity index (χ1v) is 4.31. The largest absolute Gasteiger partial charge is 0.467 e. The van der Waals surface area contributed by atoms with E-state index in [0.29, 0.717) is 10.0 Å². The third-order valence-electron chi connectivity index (χ3n) is 1.47. The molecular weight excluding hydrogens is 273 g/mol. The molecule has 1 unspecified atom stereocenters. The fraction of sp³-hybridized carbons (Fsp3) is 0.250. The van der Waals surface area contributed by atoms with Crippen LogP contribution in [0.4, 0.5) is 0 Å². The lowest BCUT2D eigenvalue weighted by molar-refractivity contribution is -0.150. The van der Waals surface area contributed by atoms with E-state index in [4.69, 9.17) is 0 Å². The molecule has 1 aromatic rings. The van der Waals surface area contributed by atoms with Crippen LogP contribution in [0.5, 0.6) is 0 Å². The summed E-state index contributed by atoms with van der Waals surface area (Å²) >= 11 is 3.18. The Balaban J connectivity index is 0.00000169. The number of aromatic nitrogens is 1. The maximum Gasteiger partial charge on any atom is 0.339 e. The van der Waals surface area contributed by atoms with Crippen LogP contribution in [0.15, 0.2) is 22.9 Å². The van der Waals surface area contributed by atoms with Crippen molar-refractivity contribution in [3.63, 3.8) is 0 Å². The molecule has 0 aromatic carbocycles. The minimum Gasteiger partial charge on any atom is -0.467 e. The second kappa shape index (κ2) is 5.95. The lowest BCUT2D eigenvalue weighted by Crippen LogP contribution is -2.13. The summed E-state index contributed by atoms with van der Waals surface area (Å²) in [4.78, 5) is 14.7. The van der Waals surface area contributed by atoms with E-state index in [-0.39, 0.29) is 12.4 Å². The molecule has 0 aliphatic heterocycles. The van der Waals surface area contributed by atoms with Crippen molar-refractivity contribution in [2.45, 2.75) is 6.10 Å². The molecule has 78 valence electrons. The highest BCUT2D eigenvalue weighted by atomic mass is 79.9. The summed E-state index contributed by atoms with van der Waals surface area (Å²) in [6.45, 7) is 0. The van der Waals surface area contributed by atoms with Gasteiger partial charge in [0.2, 0.25) is 0 Å². The van der Waals surface area contributed by atoms with Gasteiger partial charge >= 0.3 is 5.97 Å². The zero-order chi connectivity index (χ0) is 9.84. The monoisotopic (exact) mass is 281 g/mol. The number of aliphatic hydroxyl groups excluding tert-OH is 1. The zero-order valence-corrected chi connectivity index (χ0v) is 9.71. The van der Waals surface area contributed by atoms with E-state index in [9.17, 15) is 9.90 Å². The average Bonchev–Trinajstić information content (AvgIpc) is 2.15. The Morgan fingerprint density at radius 1 is 1.64 bits per heavy atom. The van der Waals surface area contributed by atoms with Crippen LogP contribution in [-0.4, -0.2) is 23.2 Å². The fourth-order valence-electron chi connectivity index (χ4n) is 0.826. The summed E-state index contributed by atoms with van der Waals surface area (Å²) in [5, 5.41) is 9.38. The van der Waals surface area contributed by atoms with Crippen LogP contribution in [0.2, 0.25) is 0 Å². The van der Waals surface area contributed by atoms with Crippen LogP contribution in [-0.2, 0) is 9.53 Å². The summed E-state index contributed by atoms with van der Waals surface area (Å²) < 4.78 is 5.08. The lowest BCUT2D eigenvalue weighted by Gasteiger charge is -2.07. The number of ether oxygens (including phenoxy) is 1. The predicted octanol–water partition coefficient (Wildman–Crippen LogP) is 1.47. The Morgan fingerprint density at radius 2 is 2.29 bits per heavy atom. The standard InChI is InChI=1S/C8H8BrNO3.ClH/c1-13-8(12)7(11)5-2-6(9)4-10-3-5;/h2-4,7,11H,1H3;1H. The molecule has 0 saturated carbocycles. The van der Waals surface area contributed by atoms with E-state index in [1.807, 2.05) is 0 Å². The van der Waals surface area contributed by atoms with Crippen molar-refractivity contribution in [3.8, 4) is 0 Å². The van der Waals surface area contributed by atoms with Gasteiger partial charge < -0.3 is 9.84 Å². The Kier molecular flexibility index (Phi) is 5.68. The minimum atomic E-state index is -1.27. The van der Waals surface area contributed by atoms with E-state index in [1.165, 1.54) is 13.3 Å². The number of hydrogen-bond acceptors (Lipinski definition) is 4. The third kappa shape index (κ3) is 3.25. The Morgan fingerprint density at radius 3 is 2.79 bits per heavy atom. The van der Waals surface area contributed by atoms with Crippen LogP contribution in [0.1, 0.15) is 11.7 Å². The summed E-state index contributed by atoms with van der Waals surface area (Å²) in [5.74, 6) is -0.695. The number of pyridine rings is 1. The molecule has 1 atom stereocenters. The predicted molar refractivity (Wildman–Crippen MR) is 56.2 cm³/mol. The maximum absolute atomic E-state index is 10.9. The van der Waals surface area contributed by atoms with Gasteiger partial charge in [0.05, 0.1) is 7.11 Å². The van der Waals surface area contributed by atoms with Gasteiger partial charge in [0.1, 0.15) is 0 Å². The molecular formula is C8H9BrClNO3. The number of esters is 1. The lowest BCUT2D eigenvalue weighted by atomic mass is 10.2. The van der Waals surface area contributed by atoms with Gasteiger partial charge in [0.25, 0.3) is 0 Å². The molecule has 0 amide bonds. The van der Waals surface area contributed by atoms with E-state index >= 15 is 0 Å². The first-order valence-electron chi connectivity index (χ1n) is 3.51. The number of aliphatic hydroxyl groups is 1. The van der Waals surface area contributed by atoms with E-state index in [1.54, 1.807) is 12.3 Å². The first kappa shape index (κ1) is 13.4. The zero-order valence-electron chi connectivity index (χ0n) is 7.31. The van der Waals surface area contributed by atoms with Crippen molar-refractivity contribution >= 4 is 34.3 Å². The normalized spacial score (nSPS) is 11.4. The van der Waals surface area contributed by atoms with E-state index < -0.39 is 12.1 Å². The third-order valence-corrected chi connectivity index (χ3v) is 1.90. The van der Waals surface area contributed by atoms with Crippen molar-refractivity contribution in [2.24, 2.45) is 0 Å². The van der Waals surface area contributed by atoms with Gasteiger partial charge in [0.15, 0.2) is 6.10 Å². The van der Waals surface area contributed by atoms with Crippen molar-refractivity contribution in [2.75, 3.05) is 7.11 Å². The van der Waals surface area contributed by atoms with Gasteiger partial charge in [-0.2, -0.15) is 0 Å². The SMILES string of the molecule is COC(=O)C(O)c1cncc(Br)c1.Cl. The van der Waals surface area contributed by atoms with Crippen LogP contribution in [0.25, 0.3) is 0 Å². The summed E-state index contributed by atoms with van der Waals surface area (Å²) in [7, 11) is 1.22. The Hall–Kier alpha value is -0.650. The molecule has 0 aliphatic carbocycles. The molecule has 1 aromatic heterocycles. The van der Waals surface area contributed by atoms with E-state index in [0.717, 1.165) is 0 Å². The van der Waals surface area contributed by atoms with E-state index in [2.05, 4.69) is 25.7 Å². The van der Waals surface area contributed by atoms with Gasteiger partial charge in [0, 0.05) is 22.4 Å². The van der Waals surface area contributed by atoms with Gasteiger partial charge in [-0.05, 0) is 22.0 Å². The number of nitrogens with zero attached hydrogens (tertiary/aromatic N) is 1. The molecule has 1 heterocycles. The first-order chi connectivity index (χ1) is 6.15. The maximum atomic E-state index is 10.9. The van der Waals surface area contributed by atoms with Crippen molar-refractivity contribution in [1.82, 2.24) is 4.98 Å². The topological polar surface area (TPSA) is 59.4 Å². The fourth-order valence-corrected chi connectivity index (χ4v) is 1.21. The van der Waals surface area contributed by atoms with Crippen LogP contribution < -0.4 is 0 Å². The van der Waals surface area contributed by atoms with Crippen molar-refractivity contribution in [3.05, 3.63) is 28.5 Å². The molecule has 6 heteroatoms. The van der Waals surface area contributed by atoms with Gasteiger partial charge in [-0.3, -0.25) is 4.98 Å². The van der Waals surface area contributed by atoms with Crippen LogP contribution in [0, 0.1) is 0 Å². The minimum absolute atomic E-state index is 0. The quantitative estimate of drug-likeness (QED) is 0.835. The average molecular weight is 283 g/mol. The Bertz CT molecular complexity index is 321. The number of methoxy groups -OCH3 is 1. The second-order valence-electron chi connectivity index (χ2n) is 2.36. The van der Waals surface area contributed by atoms with Crippen molar-refractivity contribution < 1.29 is 14.6 Å². The molecule has 14 heavy (non-hydrogen) atoms. The highest BCUT2D eigenvalue weighted by Crippen LogP contribution is 2.17. The molecule has 0 fully saturated rings. The molecule has 4 nitrogen and oxygen atoms in total. The highest BCUT2D eigenvalue weighted by Gasteiger charge is 2.17. The number of hydrogen-bond donors (Lipinski definition) is 1. The van der Waals surface area contributed by atoms with Gasteiger partial charge in [-0.25, -0.2) is 4.79 Å². The number of carbonyl (C=O) groups excluding carboxylic acids is 1. The van der Waals surface area contributed by atoms with Crippen LogP contribution in [0.3, 0.4) is 0 Å². The Labute approximate surface area is 95.8 Å². The van der Waals surface area contributed by atoms with Crippen molar-refractivity contribution in [1.29, 1.82) is 0 Å². The van der Waals surface area contributed by atoms with Crippen LogP contribution >= 0.6 is 28.3 Å². The molecule has 1 rings (SSSR count). The molecule has 0 saturated heterocycles. The number of rotatable bonds is 2. The second-order valence-corrected chi connectivity index (χ2v) is 3.28. The number of carbonyl (C=O) groups is 1. The molecule has 0 spiro atoms. The van der Waals surface area contributed by atoms with Gasteiger partial charge in [-0.15, -0.1) is 12.4 Å². The summed E-state index contributed by atoms with van der Waals surface area (Å²) in [5.41, 5.74) is 0.404. The number of halogens is 2. The molecule has 0 radical (unpaired) electrons. The molecule has 1 N–H and O–H groups in total. The molecule has 0 aliphatic rings. The summed E-state index contributed by atoms with van der Waals surface area (Å²) in [6.07, 6.45) is 1.70. The molecule has 0 bridgehead atoms. The highest BCUT2D eigenvalue weighted by molar-refractivity contribution is 9.10. The smallest absolute Gasteiger partial charge is 0.339 e. The van der Waals surface area contributed by atoms with Gasteiger partial charge in [-0.1, -0.05) is 0 Å². The summed E-state index contributed by atoms with van der Waals surface area (Å²) in [6, 6.07) is 1.61.